The van der Waals surface area contributed by atoms with Gasteiger partial charge in [-0.15, -0.1) is 0 Å². The van der Waals surface area contributed by atoms with Gasteiger partial charge in [0.05, 0.1) is 5.92 Å². The molecule has 2 aliphatic rings. The Balaban J connectivity index is 1.83. The topological polar surface area (TPSA) is 62.1 Å². The quantitative estimate of drug-likeness (QED) is 0.862. The Labute approximate surface area is 155 Å². The van der Waals surface area contributed by atoms with Crippen LogP contribution in [-0.2, 0) is 4.79 Å². The second-order valence-electron chi connectivity index (χ2n) is 7.18. The standard InChI is InChI=1S/C19H23F3N2O3/c1-3-13-8-9-15-14(10-13)18(26,19(20,21)22)24(23-15)17(25)11-27-16-7-5-4-6-12(16)2/h4-7,13-14,26H,3,8-11H2,1-2H3/t13-,14+,18-/m1/s1. The third-order valence-electron chi connectivity index (χ3n) is 5.49. The molecule has 8 heteroatoms. The van der Waals surface area contributed by atoms with Gasteiger partial charge in [-0.2, -0.15) is 23.3 Å². The van der Waals surface area contributed by atoms with Gasteiger partial charge in [0.15, 0.2) is 6.61 Å². The van der Waals surface area contributed by atoms with Crippen LogP contribution in [-0.4, -0.2) is 40.2 Å². The van der Waals surface area contributed by atoms with Crippen LogP contribution in [0.15, 0.2) is 29.4 Å². The Morgan fingerprint density at radius 1 is 1.41 bits per heavy atom. The lowest BCUT2D eigenvalue weighted by Gasteiger charge is -2.39. The monoisotopic (exact) mass is 384 g/mol. The third kappa shape index (κ3) is 3.42. The summed E-state index contributed by atoms with van der Waals surface area (Å²) < 4.78 is 46.9. The lowest BCUT2D eigenvalue weighted by molar-refractivity contribution is -0.318. The lowest BCUT2D eigenvalue weighted by atomic mass is 9.74. The molecule has 0 bridgehead atoms. The van der Waals surface area contributed by atoms with Gasteiger partial charge in [-0.3, -0.25) is 4.79 Å². The number of ether oxygens (including phenoxy) is 1. The van der Waals surface area contributed by atoms with Crippen molar-refractivity contribution in [2.45, 2.75) is 51.4 Å². The molecule has 3 rings (SSSR count). The van der Waals surface area contributed by atoms with E-state index in [-0.39, 0.29) is 23.1 Å². The normalized spacial score (nSPS) is 27.9. The highest BCUT2D eigenvalue weighted by atomic mass is 19.4. The third-order valence-corrected chi connectivity index (χ3v) is 5.49. The summed E-state index contributed by atoms with van der Waals surface area (Å²) in [4.78, 5) is 12.5. The molecule has 1 aliphatic carbocycles. The second-order valence-corrected chi connectivity index (χ2v) is 7.18. The highest BCUT2D eigenvalue weighted by molar-refractivity contribution is 5.93. The molecular formula is C19H23F3N2O3. The minimum Gasteiger partial charge on any atom is -0.483 e. The molecule has 3 atom stereocenters. The molecule has 5 nitrogen and oxygen atoms in total. The Bertz CT molecular complexity index is 750. The van der Waals surface area contributed by atoms with Crippen molar-refractivity contribution < 1.29 is 27.8 Å². The maximum Gasteiger partial charge on any atom is 0.439 e. The van der Waals surface area contributed by atoms with Gasteiger partial charge in [0.25, 0.3) is 11.6 Å². The van der Waals surface area contributed by atoms with Gasteiger partial charge < -0.3 is 9.84 Å². The fourth-order valence-corrected chi connectivity index (χ4v) is 3.84. The second kappa shape index (κ2) is 7.14. The number of hydrazone groups is 1. The largest absolute Gasteiger partial charge is 0.483 e. The molecule has 1 aromatic carbocycles. The molecule has 1 aromatic rings. The van der Waals surface area contributed by atoms with E-state index in [2.05, 4.69) is 5.10 Å². The summed E-state index contributed by atoms with van der Waals surface area (Å²) in [5.74, 6) is -1.77. The van der Waals surface area contributed by atoms with E-state index in [1.165, 1.54) is 0 Å². The molecule has 0 spiro atoms. The molecular weight excluding hydrogens is 361 g/mol. The Morgan fingerprint density at radius 2 is 2.11 bits per heavy atom. The summed E-state index contributed by atoms with van der Waals surface area (Å²) in [6.45, 7) is 3.04. The molecule has 1 saturated carbocycles. The summed E-state index contributed by atoms with van der Waals surface area (Å²) in [7, 11) is 0. The number of fused-ring (bicyclic) bond motifs is 1. The van der Waals surface area contributed by atoms with Gasteiger partial charge in [0.1, 0.15) is 5.75 Å². The summed E-state index contributed by atoms with van der Waals surface area (Å²) in [5, 5.41) is 14.7. The Morgan fingerprint density at radius 3 is 2.74 bits per heavy atom. The number of halogens is 3. The number of hydrogen-bond donors (Lipinski definition) is 1. The predicted molar refractivity (Wildman–Crippen MR) is 93.1 cm³/mol. The molecule has 1 heterocycles. The van der Waals surface area contributed by atoms with Crippen molar-refractivity contribution in [3.05, 3.63) is 29.8 Å². The van der Waals surface area contributed by atoms with Crippen molar-refractivity contribution in [3.63, 3.8) is 0 Å². The molecule has 148 valence electrons. The average Bonchev–Trinajstić information content (AvgIpc) is 2.94. The first-order valence-electron chi connectivity index (χ1n) is 9.06. The van der Waals surface area contributed by atoms with Crippen LogP contribution in [0, 0.1) is 18.8 Å². The maximum absolute atomic E-state index is 13.8. The van der Waals surface area contributed by atoms with Gasteiger partial charge in [-0.25, -0.2) is 0 Å². The molecule has 1 aliphatic heterocycles. The number of carbonyl (C=O) groups excluding carboxylic acids is 1. The number of benzene rings is 1. The van der Waals surface area contributed by atoms with Crippen molar-refractivity contribution in [3.8, 4) is 5.75 Å². The molecule has 1 N–H and O–H groups in total. The lowest BCUT2D eigenvalue weighted by Crippen LogP contribution is -2.62. The van der Waals surface area contributed by atoms with Crippen LogP contribution in [0.1, 0.15) is 38.2 Å². The van der Waals surface area contributed by atoms with E-state index in [1.54, 1.807) is 31.2 Å². The van der Waals surface area contributed by atoms with Gasteiger partial charge in [-0.05, 0) is 43.7 Å². The van der Waals surface area contributed by atoms with Gasteiger partial charge in [0.2, 0.25) is 0 Å². The van der Waals surface area contributed by atoms with E-state index in [0.29, 0.717) is 18.6 Å². The first-order valence-corrected chi connectivity index (χ1v) is 9.06. The number of nitrogens with zero attached hydrogens (tertiary/aromatic N) is 2. The van der Waals surface area contributed by atoms with E-state index in [0.717, 1.165) is 12.0 Å². The predicted octanol–water partition coefficient (Wildman–Crippen LogP) is 3.65. The summed E-state index contributed by atoms with van der Waals surface area (Å²) >= 11 is 0. The first kappa shape index (κ1) is 19.7. The molecule has 0 radical (unpaired) electrons. The summed E-state index contributed by atoms with van der Waals surface area (Å²) in [6, 6.07) is 6.88. The summed E-state index contributed by atoms with van der Waals surface area (Å²) in [6.07, 6.45) is -3.07. The Kier molecular flexibility index (Phi) is 5.20. The van der Waals surface area contributed by atoms with Crippen molar-refractivity contribution in [2.75, 3.05) is 6.61 Å². The zero-order valence-electron chi connectivity index (χ0n) is 15.3. The Hall–Kier alpha value is -2.09. The number of carbonyl (C=O) groups is 1. The molecule has 0 saturated heterocycles. The van der Waals surface area contributed by atoms with Crippen molar-refractivity contribution in [2.24, 2.45) is 16.9 Å². The van der Waals surface area contributed by atoms with Crippen LogP contribution in [0.5, 0.6) is 5.75 Å². The number of hydrogen-bond acceptors (Lipinski definition) is 4. The van der Waals surface area contributed by atoms with Crippen LogP contribution < -0.4 is 4.74 Å². The minimum absolute atomic E-state index is 0.0705. The maximum atomic E-state index is 13.8. The van der Waals surface area contributed by atoms with Crippen LogP contribution in [0.2, 0.25) is 0 Å². The molecule has 0 unspecified atom stereocenters. The van der Waals surface area contributed by atoms with E-state index < -0.39 is 30.3 Å². The van der Waals surface area contributed by atoms with E-state index in [4.69, 9.17) is 4.74 Å². The van der Waals surface area contributed by atoms with Crippen LogP contribution in [0.3, 0.4) is 0 Å². The van der Waals surface area contributed by atoms with E-state index in [9.17, 15) is 23.1 Å². The highest BCUT2D eigenvalue weighted by Gasteiger charge is 2.68. The fraction of sp³-hybridized carbons (Fsp3) is 0.579. The highest BCUT2D eigenvalue weighted by Crippen LogP contribution is 2.49. The first-order chi connectivity index (χ1) is 12.7. The van der Waals surface area contributed by atoms with Gasteiger partial charge in [-0.1, -0.05) is 31.5 Å². The minimum atomic E-state index is -5.02. The molecule has 0 aromatic heterocycles. The van der Waals surface area contributed by atoms with Gasteiger partial charge >= 0.3 is 6.18 Å². The van der Waals surface area contributed by atoms with Crippen LogP contribution in [0.25, 0.3) is 0 Å². The zero-order valence-corrected chi connectivity index (χ0v) is 15.3. The zero-order chi connectivity index (χ0) is 19.8. The van der Waals surface area contributed by atoms with E-state index >= 15 is 0 Å². The molecule has 1 amide bonds. The summed E-state index contributed by atoms with van der Waals surface area (Å²) in [5.41, 5.74) is -2.32. The number of para-hydroxylation sites is 1. The fourth-order valence-electron chi connectivity index (χ4n) is 3.84. The SMILES string of the molecule is CC[C@@H]1CCC2=NN(C(=O)COc3ccccc3C)[C@](O)(C(F)(F)F)[C@H]2C1. The molecule has 27 heavy (non-hydrogen) atoms. The number of amides is 1. The van der Waals surface area contributed by atoms with E-state index in [1.807, 2.05) is 6.92 Å². The van der Waals surface area contributed by atoms with Crippen molar-refractivity contribution in [1.29, 1.82) is 0 Å². The number of aliphatic hydroxyl groups is 1. The van der Waals surface area contributed by atoms with Gasteiger partial charge in [0, 0.05) is 5.71 Å². The number of alkyl halides is 3. The molecule has 1 fully saturated rings. The smallest absolute Gasteiger partial charge is 0.439 e. The average molecular weight is 384 g/mol. The van der Waals surface area contributed by atoms with Crippen LogP contribution >= 0.6 is 0 Å². The van der Waals surface area contributed by atoms with Crippen molar-refractivity contribution >= 4 is 11.6 Å². The van der Waals surface area contributed by atoms with Crippen molar-refractivity contribution in [1.82, 2.24) is 5.01 Å². The number of aryl methyl sites for hydroxylation is 1. The number of rotatable bonds is 4. The van der Waals surface area contributed by atoms with Crippen LogP contribution in [0.4, 0.5) is 13.2 Å².